The van der Waals surface area contributed by atoms with Crippen molar-refractivity contribution in [1.29, 1.82) is 0 Å². The number of carbonyl (C=O) groups is 1. The molecule has 74 valence electrons. The van der Waals surface area contributed by atoms with Gasteiger partial charge in [0.05, 0.1) is 0 Å². The molecule has 0 saturated heterocycles. The van der Waals surface area contributed by atoms with E-state index >= 15 is 0 Å². The first-order valence-electron chi connectivity index (χ1n) is 4.79. The summed E-state index contributed by atoms with van der Waals surface area (Å²) < 4.78 is 0. The molecule has 1 heteroatoms. The van der Waals surface area contributed by atoms with E-state index in [-0.39, 0.29) is 11.3 Å². The van der Waals surface area contributed by atoms with Crippen LogP contribution in [0.25, 0.3) is 0 Å². The summed E-state index contributed by atoms with van der Waals surface area (Å²) in [4.78, 5) is 10.8. The van der Waals surface area contributed by atoms with E-state index in [0.717, 1.165) is 11.8 Å². The summed E-state index contributed by atoms with van der Waals surface area (Å²) in [5.74, 6) is -0.0533. The van der Waals surface area contributed by atoms with Gasteiger partial charge in [0.15, 0.2) is 0 Å². The third-order valence-electron chi connectivity index (χ3n) is 2.97. The summed E-state index contributed by atoms with van der Waals surface area (Å²) in [5, 5.41) is 0. The number of carbonyl (C=O) groups excluding carboxylic acids is 1. The minimum Gasteiger partial charge on any atom is -0.303 e. The molecule has 0 aromatic heterocycles. The molecule has 0 radical (unpaired) electrons. The fourth-order valence-electron chi connectivity index (χ4n) is 1.51. The number of aldehydes is 1. The second kappa shape index (κ2) is 4.23. The lowest BCUT2D eigenvalue weighted by molar-refractivity contribution is -0.111. The Morgan fingerprint density at radius 1 is 1.36 bits per heavy atom. The van der Waals surface area contributed by atoms with Gasteiger partial charge in [-0.15, -0.1) is 6.58 Å². The number of hydrogen-bond donors (Lipinski definition) is 0. The van der Waals surface area contributed by atoms with Crippen LogP contribution in [0.15, 0.2) is 43.0 Å². The highest BCUT2D eigenvalue weighted by molar-refractivity contribution is 5.58. The predicted molar refractivity (Wildman–Crippen MR) is 59.2 cm³/mol. The zero-order valence-corrected chi connectivity index (χ0v) is 8.73. The van der Waals surface area contributed by atoms with Gasteiger partial charge in [0.2, 0.25) is 0 Å². The Labute approximate surface area is 85.5 Å². The van der Waals surface area contributed by atoms with Gasteiger partial charge in [-0.1, -0.05) is 50.3 Å². The lowest BCUT2D eigenvalue weighted by atomic mass is 9.73. The Kier molecular flexibility index (Phi) is 3.23. The van der Waals surface area contributed by atoms with E-state index in [1.165, 1.54) is 0 Å². The van der Waals surface area contributed by atoms with Crippen LogP contribution in [0.1, 0.15) is 19.4 Å². The standard InChI is InChI=1S/C13H16O/c1-4-13(3,11(2)10-14)12-8-6-5-7-9-12/h4-11H,1H2,2-3H3. The molecule has 1 aromatic rings. The summed E-state index contributed by atoms with van der Waals surface area (Å²) in [6, 6.07) is 9.99. The Morgan fingerprint density at radius 2 is 1.93 bits per heavy atom. The molecule has 0 saturated carbocycles. The van der Waals surface area contributed by atoms with E-state index in [0.29, 0.717) is 0 Å². The Bertz CT molecular complexity index is 315. The van der Waals surface area contributed by atoms with E-state index in [1.54, 1.807) is 0 Å². The fourth-order valence-corrected chi connectivity index (χ4v) is 1.51. The van der Waals surface area contributed by atoms with Crippen LogP contribution >= 0.6 is 0 Å². The average Bonchev–Trinajstić information content (AvgIpc) is 2.28. The number of benzene rings is 1. The van der Waals surface area contributed by atoms with Crippen molar-refractivity contribution in [3.8, 4) is 0 Å². The van der Waals surface area contributed by atoms with Crippen LogP contribution in [0.4, 0.5) is 0 Å². The molecule has 0 bridgehead atoms. The quantitative estimate of drug-likeness (QED) is 0.524. The van der Waals surface area contributed by atoms with Gasteiger partial charge in [0, 0.05) is 11.3 Å². The number of rotatable bonds is 4. The number of allylic oxidation sites excluding steroid dienone is 1. The van der Waals surface area contributed by atoms with Gasteiger partial charge in [-0.05, 0) is 5.56 Å². The van der Waals surface area contributed by atoms with E-state index in [1.807, 2.05) is 50.3 Å². The maximum Gasteiger partial charge on any atom is 0.123 e. The maximum absolute atomic E-state index is 10.8. The normalized spacial score (nSPS) is 16.7. The van der Waals surface area contributed by atoms with Crippen molar-refractivity contribution in [2.24, 2.45) is 5.92 Å². The molecule has 0 aliphatic heterocycles. The molecule has 0 aliphatic rings. The van der Waals surface area contributed by atoms with Gasteiger partial charge in [0.1, 0.15) is 6.29 Å². The molecule has 0 N–H and O–H groups in total. The lowest BCUT2D eigenvalue weighted by Gasteiger charge is -2.29. The molecule has 0 aliphatic carbocycles. The summed E-state index contributed by atoms with van der Waals surface area (Å²) in [7, 11) is 0. The minimum atomic E-state index is -0.261. The Hall–Kier alpha value is -1.37. The van der Waals surface area contributed by atoms with Gasteiger partial charge >= 0.3 is 0 Å². The molecule has 0 amide bonds. The van der Waals surface area contributed by atoms with Crippen LogP contribution in [0.3, 0.4) is 0 Å². The predicted octanol–water partition coefficient (Wildman–Crippen LogP) is 2.97. The summed E-state index contributed by atoms with van der Waals surface area (Å²) in [5.41, 5.74) is 0.873. The van der Waals surface area contributed by atoms with Crippen molar-refractivity contribution in [3.63, 3.8) is 0 Å². The molecular formula is C13H16O. The zero-order chi connectivity index (χ0) is 10.6. The van der Waals surface area contributed by atoms with Gasteiger partial charge in [0.25, 0.3) is 0 Å². The topological polar surface area (TPSA) is 17.1 Å². The van der Waals surface area contributed by atoms with Crippen LogP contribution in [0.2, 0.25) is 0 Å². The summed E-state index contributed by atoms with van der Waals surface area (Å²) in [6.45, 7) is 7.77. The molecule has 0 fully saturated rings. The van der Waals surface area contributed by atoms with E-state index < -0.39 is 0 Å². The Morgan fingerprint density at radius 3 is 2.36 bits per heavy atom. The summed E-state index contributed by atoms with van der Waals surface area (Å²) in [6.07, 6.45) is 2.83. The molecular weight excluding hydrogens is 172 g/mol. The van der Waals surface area contributed by atoms with Crippen LogP contribution in [-0.4, -0.2) is 6.29 Å². The first kappa shape index (κ1) is 10.7. The number of hydrogen-bond acceptors (Lipinski definition) is 1. The van der Waals surface area contributed by atoms with Crippen molar-refractivity contribution >= 4 is 6.29 Å². The van der Waals surface area contributed by atoms with Crippen molar-refractivity contribution < 1.29 is 4.79 Å². The lowest BCUT2D eigenvalue weighted by Crippen LogP contribution is -2.28. The largest absolute Gasteiger partial charge is 0.303 e. The molecule has 2 unspecified atom stereocenters. The van der Waals surface area contributed by atoms with E-state index in [9.17, 15) is 4.79 Å². The van der Waals surface area contributed by atoms with E-state index in [4.69, 9.17) is 0 Å². The van der Waals surface area contributed by atoms with Crippen LogP contribution < -0.4 is 0 Å². The highest BCUT2D eigenvalue weighted by atomic mass is 16.1. The van der Waals surface area contributed by atoms with Gasteiger partial charge in [-0.2, -0.15) is 0 Å². The second-order valence-corrected chi connectivity index (χ2v) is 3.78. The van der Waals surface area contributed by atoms with Crippen molar-refractivity contribution in [2.45, 2.75) is 19.3 Å². The molecule has 14 heavy (non-hydrogen) atoms. The molecule has 0 heterocycles. The highest BCUT2D eigenvalue weighted by Gasteiger charge is 2.29. The fraction of sp³-hybridized carbons (Fsp3) is 0.308. The molecule has 1 aromatic carbocycles. The smallest absolute Gasteiger partial charge is 0.123 e. The van der Waals surface area contributed by atoms with Gasteiger partial charge < -0.3 is 4.79 Å². The van der Waals surface area contributed by atoms with Crippen molar-refractivity contribution in [2.75, 3.05) is 0 Å². The van der Waals surface area contributed by atoms with Crippen LogP contribution in [0.5, 0.6) is 0 Å². The SMILES string of the molecule is C=CC(C)(c1ccccc1)C(C)C=O. The summed E-state index contributed by atoms with van der Waals surface area (Å²) >= 11 is 0. The van der Waals surface area contributed by atoms with Gasteiger partial charge in [-0.3, -0.25) is 0 Å². The first-order chi connectivity index (χ1) is 6.65. The maximum atomic E-state index is 10.8. The molecule has 2 atom stereocenters. The van der Waals surface area contributed by atoms with Crippen molar-refractivity contribution in [1.82, 2.24) is 0 Å². The minimum absolute atomic E-state index is 0.0533. The first-order valence-corrected chi connectivity index (χ1v) is 4.79. The average molecular weight is 188 g/mol. The second-order valence-electron chi connectivity index (χ2n) is 3.78. The van der Waals surface area contributed by atoms with Gasteiger partial charge in [-0.25, -0.2) is 0 Å². The van der Waals surface area contributed by atoms with E-state index in [2.05, 4.69) is 6.58 Å². The Balaban J connectivity index is 3.14. The van der Waals surface area contributed by atoms with Crippen LogP contribution in [-0.2, 0) is 10.2 Å². The van der Waals surface area contributed by atoms with Crippen molar-refractivity contribution in [3.05, 3.63) is 48.6 Å². The van der Waals surface area contributed by atoms with Crippen LogP contribution in [0, 0.1) is 5.92 Å². The zero-order valence-electron chi connectivity index (χ0n) is 8.73. The molecule has 1 nitrogen and oxygen atoms in total. The highest BCUT2D eigenvalue weighted by Crippen LogP contribution is 2.31. The third kappa shape index (κ3) is 1.77. The monoisotopic (exact) mass is 188 g/mol. The third-order valence-corrected chi connectivity index (χ3v) is 2.97. The molecule has 0 spiro atoms. The molecule has 1 rings (SSSR count).